The van der Waals surface area contributed by atoms with Crippen molar-refractivity contribution < 1.29 is 14.3 Å². The molecule has 6 nitrogen and oxygen atoms in total. The van der Waals surface area contributed by atoms with E-state index in [1.807, 2.05) is 6.07 Å². The second kappa shape index (κ2) is 7.21. The van der Waals surface area contributed by atoms with Crippen molar-refractivity contribution >= 4 is 17.5 Å². The van der Waals surface area contributed by atoms with Crippen molar-refractivity contribution in [3.05, 3.63) is 53.7 Å². The zero-order chi connectivity index (χ0) is 15.9. The number of carbonyl (C=O) groups excluding carboxylic acids is 2. The van der Waals surface area contributed by atoms with Crippen LogP contribution in [0.3, 0.4) is 0 Å². The third-order valence-corrected chi connectivity index (χ3v) is 2.90. The van der Waals surface area contributed by atoms with Gasteiger partial charge in [0.1, 0.15) is 0 Å². The summed E-state index contributed by atoms with van der Waals surface area (Å²) in [5.74, 6) is 0.128. The lowest BCUT2D eigenvalue weighted by atomic mass is 10.2. The van der Waals surface area contributed by atoms with Crippen LogP contribution in [0.15, 0.2) is 42.6 Å². The van der Waals surface area contributed by atoms with Gasteiger partial charge >= 0.3 is 0 Å². The van der Waals surface area contributed by atoms with Crippen LogP contribution >= 0.6 is 0 Å². The number of benzene rings is 1. The van der Waals surface area contributed by atoms with Gasteiger partial charge in [-0.25, -0.2) is 4.98 Å². The first-order chi connectivity index (χ1) is 10.6. The zero-order valence-corrected chi connectivity index (χ0v) is 12.4. The molecule has 0 aliphatic heterocycles. The first kappa shape index (κ1) is 15.5. The maximum absolute atomic E-state index is 12.1. The van der Waals surface area contributed by atoms with Crippen molar-refractivity contribution in [2.45, 2.75) is 13.5 Å². The van der Waals surface area contributed by atoms with Crippen molar-refractivity contribution in [2.75, 3.05) is 12.4 Å². The number of pyridine rings is 1. The van der Waals surface area contributed by atoms with Gasteiger partial charge in [0.2, 0.25) is 11.8 Å². The third kappa shape index (κ3) is 4.31. The van der Waals surface area contributed by atoms with Gasteiger partial charge in [-0.05, 0) is 23.8 Å². The molecule has 114 valence electrons. The Bertz CT molecular complexity index is 669. The molecule has 2 aromatic rings. The number of anilines is 1. The van der Waals surface area contributed by atoms with Crippen molar-refractivity contribution in [1.82, 2.24) is 10.3 Å². The Labute approximate surface area is 128 Å². The van der Waals surface area contributed by atoms with Crippen molar-refractivity contribution in [2.24, 2.45) is 0 Å². The Hall–Kier alpha value is -2.89. The van der Waals surface area contributed by atoms with E-state index in [1.54, 1.807) is 43.6 Å². The number of nitrogens with zero attached hydrogens (tertiary/aromatic N) is 1. The van der Waals surface area contributed by atoms with Crippen LogP contribution in [0.2, 0.25) is 0 Å². The normalized spacial score (nSPS) is 9.91. The van der Waals surface area contributed by atoms with Gasteiger partial charge in [-0.15, -0.1) is 0 Å². The monoisotopic (exact) mass is 299 g/mol. The van der Waals surface area contributed by atoms with E-state index < -0.39 is 0 Å². The van der Waals surface area contributed by atoms with Crippen LogP contribution in [-0.2, 0) is 11.3 Å². The Balaban J connectivity index is 1.97. The van der Waals surface area contributed by atoms with E-state index in [-0.39, 0.29) is 11.8 Å². The summed E-state index contributed by atoms with van der Waals surface area (Å²) in [7, 11) is 1.55. The molecule has 2 amide bonds. The largest absolute Gasteiger partial charge is 0.481 e. The summed E-state index contributed by atoms with van der Waals surface area (Å²) in [4.78, 5) is 27.2. The maximum atomic E-state index is 12.1. The predicted octanol–water partition coefficient (Wildman–Crippen LogP) is 1.98. The fourth-order valence-corrected chi connectivity index (χ4v) is 1.86. The second-order valence-electron chi connectivity index (χ2n) is 4.65. The molecule has 22 heavy (non-hydrogen) atoms. The van der Waals surface area contributed by atoms with E-state index in [9.17, 15) is 9.59 Å². The summed E-state index contributed by atoms with van der Waals surface area (Å²) in [5, 5.41) is 5.44. The van der Waals surface area contributed by atoms with E-state index >= 15 is 0 Å². The molecule has 1 aromatic heterocycles. The molecule has 0 saturated carbocycles. The number of aromatic nitrogens is 1. The van der Waals surface area contributed by atoms with Gasteiger partial charge < -0.3 is 15.4 Å². The molecule has 6 heteroatoms. The van der Waals surface area contributed by atoms with Crippen molar-refractivity contribution in [1.29, 1.82) is 0 Å². The number of rotatable bonds is 5. The van der Waals surface area contributed by atoms with Crippen LogP contribution in [0, 0.1) is 0 Å². The lowest BCUT2D eigenvalue weighted by molar-refractivity contribution is -0.114. The molecule has 0 atom stereocenters. The standard InChI is InChI=1S/C16H17N3O3/c1-11(20)19-14-5-3-4-13(8-14)16(21)18-10-12-6-7-15(22-2)17-9-12/h3-9H,10H2,1-2H3,(H,18,21)(H,19,20). The third-order valence-electron chi connectivity index (χ3n) is 2.90. The minimum Gasteiger partial charge on any atom is -0.481 e. The van der Waals surface area contributed by atoms with E-state index in [0.29, 0.717) is 23.7 Å². The summed E-state index contributed by atoms with van der Waals surface area (Å²) in [5.41, 5.74) is 1.94. The van der Waals surface area contributed by atoms with Gasteiger partial charge in [-0.2, -0.15) is 0 Å². The molecule has 0 fully saturated rings. The van der Waals surface area contributed by atoms with E-state index in [1.165, 1.54) is 6.92 Å². The highest BCUT2D eigenvalue weighted by atomic mass is 16.5. The highest BCUT2D eigenvalue weighted by Crippen LogP contribution is 2.11. The molecule has 2 rings (SSSR count). The topological polar surface area (TPSA) is 80.3 Å². The van der Waals surface area contributed by atoms with E-state index in [0.717, 1.165) is 5.56 Å². The Kier molecular flexibility index (Phi) is 5.08. The fraction of sp³-hybridized carbons (Fsp3) is 0.188. The zero-order valence-electron chi connectivity index (χ0n) is 12.4. The predicted molar refractivity (Wildman–Crippen MR) is 82.7 cm³/mol. The molecule has 1 aromatic carbocycles. The van der Waals surface area contributed by atoms with Crippen LogP contribution in [0.1, 0.15) is 22.8 Å². The number of hydrogen-bond donors (Lipinski definition) is 2. The lowest BCUT2D eigenvalue weighted by Crippen LogP contribution is -2.23. The summed E-state index contributed by atoms with van der Waals surface area (Å²) in [6.45, 7) is 1.78. The number of methoxy groups -OCH3 is 1. The van der Waals surface area contributed by atoms with E-state index in [4.69, 9.17) is 4.74 Å². The minimum absolute atomic E-state index is 0.179. The molecular weight excluding hydrogens is 282 g/mol. The molecule has 2 N–H and O–H groups in total. The van der Waals surface area contributed by atoms with Crippen molar-refractivity contribution in [3.63, 3.8) is 0 Å². The summed E-state index contributed by atoms with van der Waals surface area (Å²) in [6, 6.07) is 10.3. The highest BCUT2D eigenvalue weighted by Gasteiger charge is 2.07. The average Bonchev–Trinajstić information content (AvgIpc) is 2.52. The molecule has 0 radical (unpaired) electrons. The summed E-state index contributed by atoms with van der Waals surface area (Å²) in [6.07, 6.45) is 1.65. The Morgan fingerprint density at radius 1 is 1.23 bits per heavy atom. The Morgan fingerprint density at radius 3 is 2.68 bits per heavy atom. The molecule has 0 aliphatic rings. The number of amides is 2. The molecule has 0 bridgehead atoms. The van der Waals surface area contributed by atoms with Gasteiger partial charge in [0.25, 0.3) is 5.91 Å². The average molecular weight is 299 g/mol. The lowest BCUT2D eigenvalue weighted by Gasteiger charge is -2.08. The molecular formula is C16H17N3O3. The van der Waals surface area contributed by atoms with Gasteiger partial charge in [0.05, 0.1) is 7.11 Å². The summed E-state index contributed by atoms with van der Waals surface area (Å²) < 4.78 is 4.98. The quantitative estimate of drug-likeness (QED) is 0.884. The van der Waals surface area contributed by atoms with Crippen LogP contribution in [0.4, 0.5) is 5.69 Å². The van der Waals surface area contributed by atoms with Crippen LogP contribution < -0.4 is 15.4 Å². The number of ether oxygens (including phenoxy) is 1. The highest BCUT2D eigenvalue weighted by molar-refractivity contribution is 5.96. The number of hydrogen-bond acceptors (Lipinski definition) is 4. The number of nitrogens with one attached hydrogen (secondary N) is 2. The summed E-state index contributed by atoms with van der Waals surface area (Å²) >= 11 is 0. The molecule has 0 spiro atoms. The van der Waals surface area contributed by atoms with Gasteiger partial charge in [-0.3, -0.25) is 9.59 Å². The van der Waals surface area contributed by atoms with Crippen LogP contribution in [0.25, 0.3) is 0 Å². The first-order valence-electron chi connectivity index (χ1n) is 6.73. The number of carbonyl (C=O) groups is 2. The maximum Gasteiger partial charge on any atom is 0.251 e. The fourth-order valence-electron chi connectivity index (χ4n) is 1.86. The Morgan fingerprint density at radius 2 is 2.05 bits per heavy atom. The van der Waals surface area contributed by atoms with Crippen LogP contribution in [0.5, 0.6) is 5.88 Å². The molecule has 1 heterocycles. The van der Waals surface area contributed by atoms with Crippen LogP contribution in [-0.4, -0.2) is 23.9 Å². The van der Waals surface area contributed by atoms with Gasteiger partial charge in [-0.1, -0.05) is 12.1 Å². The SMILES string of the molecule is COc1ccc(CNC(=O)c2cccc(NC(C)=O)c2)cn1. The van der Waals surface area contributed by atoms with Crippen molar-refractivity contribution in [3.8, 4) is 5.88 Å². The van der Waals surface area contributed by atoms with E-state index in [2.05, 4.69) is 15.6 Å². The molecule has 0 aliphatic carbocycles. The second-order valence-corrected chi connectivity index (χ2v) is 4.65. The minimum atomic E-state index is -0.219. The van der Waals surface area contributed by atoms with Gasteiger partial charge in [0, 0.05) is 37.0 Å². The molecule has 0 saturated heterocycles. The first-order valence-corrected chi connectivity index (χ1v) is 6.73. The van der Waals surface area contributed by atoms with Gasteiger partial charge in [0.15, 0.2) is 0 Å². The smallest absolute Gasteiger partial charge is 0.251 e. The molecule has 0 unspecified atom stereocenters.